The van der Waals surface area contributed by atoms with Gasteiger partial charge in [-0.15, -0.1) is 0 Å². The van der Waals surface area contributed by atoms with E-state index < -0.39 is 5.60 Å². The van der Waals surface area contributed by atoms with Crippen molar-refractivity contribution in [1.29, 1.82) is 0 Å². The Bertz CT molecular complexity index is 1190. The first kappa shape index (κ1) is 21.2. The van der Waals surface area contributed by atoms with Crippen molar-refractivity contribution in [2.75, 3.05) is 11.4 Å². The molecule has 2 heterocycles. The molecule has 0 saturated carbocycles. The molecular weight excluding hydrogens is 408 g/mol. The fourth-order valence-electron chi connectivity index (χ4n) is 3.57. The molecule has 0 unspecified atom stereocenters. The van der Waals surface area contributed by atoms with Crippen molar-refractivity contribution in [3.05, 3.63) is 83.5 Å². The van der Waals surface area contributed by atoms with Crippen molar-refractivity contribution in [2.45, 2.75) is 32.9 Å². The first-order chi connectivity index (χ1) is 14.9. The summed E-state index contributed by atoms with van der Waals surface area (Å²) in [6.07, 6.45) is 5.20. The van der Waals surface area contributed by atoms with Gasteiger partial charge in [0.05, 0.1) is 10.5 Å². The summed E-state index contributed by atoms with van der Waals surface area (Å²) in [4.78, 5) is 15.5. The van der Waals surface area contributed by atoms with E-state index >= 15 is 0 Å². The number of aliphatic hydroxyl groups is 1. The van der Waals surface area contributed by atoms with Crippen molar-refractivity contribution in [2.24, 2.45) is 0 Å². The third-order valence-electron chi connectivity index (χ3n) is 5.31. The number of anilines is 1. The lowest BCUT2D eigenvalue weighted by atomic mass is 10.0. The molecule has 1 N–H and O–H groups in total. The molecule has 5 nitrogen and oxygen atoms in total. The fraction of sp³-hybridized carbons (Fsp3) is 0.240. The zero-order valence-electron chi connectivity index (χ0n) is 17.9. The molecule has 2 aromatic carbocycles. The highest BCUT2D eigenvalue weighted by molar-refractivity contribution is 6.32. The maximum atomic E-state index is 10.1. The minimum absolute atomic E-state index is 0.392. The van der Waals surface area contributed by atoms with Crippen LogP contribution in [0.5, 0.6) is 0 Å². The number of fused-ring (bicyclic) bond motifs is 1. The average molecular weight is 433 g/mol. The number of aromatic nitrogens is 3. The fourth-order valence-corrected chi connectivity index (χ4v) is 3.78. The molecular formula is C25H25ClN4O. The molecule has 0 saturated heterocycles. The third-order valence-corrected chi connectivity index (χ3v) is 5.64. The molecule has 31 heavy (non-hydrogen) atoms. The molecule has 0 spiro atoms. The molecule has 6 heteroatoms. The van der Waals surface area contributed by atoms with Crippen LogP contribution in [-0.2, 0) is 12.1 Å². The summed E-state index contributed by atoms with van der Waals surface area (Å²) >= 11 is 6.62. The number of hydrogen-bond donors (Lipinski definition) is 1. The first-order valence-corrected chi connectivity index (χ1v) is 10.7. The summed E-state index contributed by atoms with van der Waals surface area (Å²) in [6.45, 7) is 7.01. The number of pyridine rings is 1. The van der Waals surface area contributed by atoms with Crippen LogP contribution in [0.4, 0.5) is 5.69 Å². The first-order valence-electron chi connectivity index (χ1n) is 10.3. The van der Waals surface area contributed by atoms with E-state index in [1.54, 1.807) is 32.4 Å². The quantitative estimate of drug-likeness (QED) is 0.429. The molecule has 0 aliphatic carbocycles. The Hall–Kier alpha value is -3.02. The van der Waals surface area contributed by atoms with Crippen LogP contribution in [0, 0.1) is 0 Å². The second-order valence-electron chi connectivity index (χ2n) is 8.02. The Balaban J connectivity index is 1.75. The largest absolute Gasteiger partial charge is 0.382 e. The Labute approximate surface area is 187 Å². The van der Waals surface area contributed by atoms with E-state index in [9.17, 15) is 5.11 Å². The Morgan fingerprint density at radius 2 is 1.65 bits per heavy atom. The molecule has 158 valence electrons. The highest BCUT2D eigenvalue weighted by Gasteiger charge is 2.19. The SMILES string of the molecule is CCN(Cc1c(Cl)cnc2ccc(-c3cnc(C(C)(C)O)nc3)cc12)c1ccccc1. The molecule has 0 amide bonds. The van der Waals surface area contributed by atoms with Crippen LogP contribution in [0.2, 0.25) is 5.02 Å². The highest BCUT2D eigenvalue weighted by atomic mass is 35.5. The van der Waals surface area contributed by atoms with Gasteiger partial charge in [-0.2, -0.15) is 0 Å². The van der Waals surface area contributed by atoms with E-state index in [0.717, 1.165) is 39.8 Å². The summed E-state index contributed by atoms with van der Waals surface area (Å²) in [5.74, 6) is 0.392. The molecule has 0 aliphatic heterocycles. The monoisotopic (exact) mass is 432 g/mol. The maximum absolute atomic E-state index is 10.1. The predicted octanol–water partition coefficient (Wildman–Crippen LogP) is 5.60. The van der Waals surface area contributed by atoms with Gasteiger partial charge in [0.15, 0.2) is 5.82 Å². The van der Waals surface area contributed by atoms with Crippen LogP contribution >= 0.6 is 11.6 Å². The van der Waals surface area contributed by atoms with E-state index in [1.807, 2.05) is 30.3 Å². The molecule has 4 aromatic rings. The number of rotatable bonds is 6. The summed E-state index contributed by atoms with van der Waals surface area (Å²) in [5, 5.41) is 11.8. The van der Waals surface area contributed by atoms with Gasteiger partial charge in [-0.25, -0.2) is 9.97 Å². The van der Waals surface area contributed by atoms with E-state index in [4.69, 9.17) is 11.6 Å². The lowest BCUT2D eigenvalue weighted by Crippen LogP contribution is -2.22. The van der Waals surface area contributed by atoms with Gasteiger partial charge in [-0.3, -0.25) is 4.98 Å². The zero-order chi connectivity index (χ0) is 22.0. The van der Waals surface area contributed by atoms with Gasteiger partial charge in [-0.05, 0) is 50.6 Å². The van der Waals surface area contributed by atoms with Crippen molar-refractivity contribution < 1.29 is 5.11 Å². The standard InChI is InChI=1S/C25H25ClN4O/c1-4-30(19-8-6-5-7-9-19)16-21-20-12-17(10-11-23(20)27-15-22(21)26)18-13-28-24(29-14-18)25(2,3)31/h5-15,31H,4,16H2,1-3H3. The smallest absolute Gasteiger partial charge is 0.159 e. The molecule has 2 aromatic heterocycles. The number of para-hydroxylation sites is 1. The molecule has 0 fully saturated rings. The van der Waals surface area contributed by atoms with Gasteiger partial charge < -0.3 is 10.0 Å². The number of nitrogens with zero attached hydrogens (tertiary/aromatic N) is 4. The summed E-state index contributed by atoms with van der Waals surface area (Å²) in [7, 11) is 0. The second-order valence-corrected chi connectivity index (χ2v) is 8.43. The third kappa shape index (κ3) is 4.53. The summed E-state index contributed by atoms with van der Waals surface area (Å²) < 4.78 is 0. The molecule has 0 aliphatic rings. The summed E-state index contributed by atoms with van der Waals surface area (Å²) in [5.41, 5.74) is 3.85. The number of halogens is 1. The number of benzene rings is 2. The molecule has 4 rings (SSSR count). The Morgan fingerprint density at radius 1 is 0.935 bits per heavy atom. The van der Waals surface area contributed by atoms with Crippen LogP contribution < -0.4 is 4.90 Å². The van der Waals surface area contributed by atoms with Crippen molar-refractivity contribution in [3.8, 4) is 11.1 Å². The van der Waals surface area contributed by atoms with Gasteiger partial charge in [0.25, 0.3) is 0 Å². The Morgan fingerprint density at radius 3 is 2.29 bits per heavy atom. The van der Waals surface area contributed by atoms with Crippen molar-refractivity contribution in [3.63, 3.8) is 0 Å². The van der Waals surface area contributed by atoms with Crippen LogP contribution in [0.25, 0.3) is 22.0 Å². The van der Waals surface area contributed by atoms with Crippen LogP contribution in [0.3, 0.4) is 0 Å². The normalized spacial score (nSPS) is 11.6. The van der Waals surface area contributed by atoms with E-state index in [0.29, 0.717) is 17.4 Å². The van der Waals surface area contributed by atoms with E-state index in [-0.39, 0.29) is 0 Å². The predicted molar refractivity (Wildman–Crippen MR) is 126 cm³/mol. The number of hydrogen-bond acceptors (Lipinski definition) is 5. The van der Waals surface area contributed by atoms with Crippen LogP contribution in [-0.4, -0.2) is 26.6 Å². The van der Waals surface area contributed by atoms with Gasteiger partial charge in [-0.1, -0.05) is 35.9 Å². The van der Waals surface area contributed by atoms with Gasteiger partial charge in [0.1, 0.15) is 5.60 Å². The van der Waals surface area contributed by atoms with Gasteiger partial charge in [0, 0.05) is 53.9 Å². The van der Waals surface area contributed by atoms with Crippen molar-refractivity contribution in [1.82, 2.24) is 15.0 Å². The van der Waals surface area contributed by atoms with Gasteiger partial charge in [0.2, 0.25) is 0 Å². The summed E-state index contributed by atoms with van der Waals surface area (Å²) in [6, 6.07) is 16.4. The maximum Gasteiger partial charge on any atom is 0.159 e. The van der Waals surface area contributed by atoms with E-state index in [2.05, 4.69) is 45.0 Å². The highest BCUT2D eigenvalue weighted by Crippen LogP contribution is 2.31. The van der Waals surface area contributed by atoms with Crippen molar-refractivity contribution >= 4 is 28.2 Å². The Kier molecular flexibility index (Phi) is 5.90. The van der Waals surface area contributed by atoms with Crippen LogP contribution in [0.15, 0.2) is 67.1 Å². The lowest BCUT2D eigenvalue weighted by Gasteiger charge is -2.24. The molecule has 0 radical (unpaired) electrons. The topological polar surface area (TPSA) is 62.1 Å². The minimum atomic E-state index is -1.08. The van der Waals surface area contributed by atoms with Gasteiger partial charge >= 0.3 is 0 Å². The minimum Gasteiger partial charge on any atom is -0.382 e. The van der Waals surface area contributed by atoms with Crippen LogP contribution in [0.1, 0.15) is 32.2 Å². The zero-order valence-corrected chi connectivity index (χ0v) is 18.6. The molecule has 0 bridgehead atoms. The molecule has 0 atom stereocenters. The average Bonchev–Trinajstić information content (AvgIpc) is 2.78. The lowest BCUT2D eigenvalue weighted by molar-refractivity contribution is 0.0687. The van der Waals surface area contributed by atoms with E-state index in [1.165, 1.54) is 0 Å². The second kappa shape index (κ2) is 8.61.